The molecule has 1 saturated heterocycles. The van der Waals surface area contributed by atoms with E-state index in [1.54, 1.807) is 0 Å². The summed E-state index contributed by atoms with van der Waals surface area (Å²) in [6.45, 7) is 2.13. The Balaban J connectivity index is 1.95. The van der Waals surface area contributed by atoms with Crippen molar-refractivity contribution in [1.82, 2.24) is 20.1 Å². The summed E-state index contributed by atoms with van der Waals surface area (Å²) >= 11 is 0. The van der Waals surface area contributed by atoms with E-state index in [1.165, 1.54) is 12.8 Å². The lowest BCUT2D eigenvalue weighted by molar-refractivity contribution is 0.429. The minimum absolute atomic E-state index is 0.0846. The molecule has 5 heteroatoms. The fourth-order valence-electron chi connectivity index (χ4n) is 2.59. The average molecular weight is 207 g/mol. The van der Waals surface area contributed by atoms with E-state index in [-0.39, 0.29) is 6.04 Å². The maximum Gasteiger partial charge on any atom is 0.150 e. The van der Waals surface area contributed by atoms with Crippen LogP contribution in [0.4, 0.5) is 0 Å². The molecule has 2 aliphatic heterocycles. The molecule has 0 aromatic carbocycles. The van der Waals surface area contributed by atoms with Gasteiger partial charge >= 0.3 is 0 Å². The predicted octanol–water partition coefficient (Wildman–Crippen LogP) is 0.496. The quantitative estimate of drug-likeness (QED) is 0.703. The van der Waals surface area contributed by atoms with E-state index in [2.05, 4.69) is 20.1 Å². The molecule has 1 fully saturated rings. The van der Waals surface area contributed by atoms with Crippen LogP contribution in [0.1, 0.15) is 49.4 Å². The largest absolute Gasteiger partial charge is 0.321 e. The minimum atomic E-state index is 0.0846. The Hall–Kier alpha value is -0.940. The van der Waals surface area contributed by atoms with E-state index >= 15 is 0 Å². The van der Waals surface area contributed by atoms with Crippen molar-refractivity contribution in [3.05, 3.63) is 11.6 Å². The van der Waals surface area contributed by atoms with Crippen LogP contribution in [0, 0.1) is 0 Å². The Labute approximate surface area is 89.1 Å². The topological polar surface area (TPSA) is 68.8 Å². The Kier molecular flexibility index (Phi) is 2.21. The molecule has 15 heavy (non-hydrogen) atoms. The lowest BCUT2D eigenvalue weighted by atomic mass is 10.1. The number of fused-ring (bicyclic) bond motifs is 1. The standard InChI is InChI=1S/C10H17N5/c11-7-3-2-6-15-9(7)13-14-10(15)8-4-1-5-12-8/h7-8,12H,1-6,11H2. The molecule has 2 aliphatic rings. The van der Waals surface area contributed by atoms with Gasteiger partial charge in [0.2, 0.25) is 0 Å². The third-order valence-electron chi connectivity index (χ3n) is 3.41. The SMILES string of the molecule is NC1CCCn2c1nnc2C1CCCN1. The van der Waals surface area contributed by atoms with Crippen molar-refractivity contribution < 1.29 is 0 Å². The number of nitrogens with zero attached hydrogens (tertiary/aromatic N) is 3. The van der Waals surface area contributed by atoms with Crippen LogP contribution in [0.5, 0.6) is 0 Å². The van der Waals surface area contributed by atoms with Crippen LogP contribution < -0.4 is 11.1 Å². The number of hydrogen-bond acceptors (Lipinski definition) is 4. The zero-order chi connectivity index (χ0) is 10.3. The van der Waals surface area contributed by atoms with Gasteiger partial charge in [0, 0.05) is 6.54 Å². The molecule has 0 radical (unpaired) electrons. The molecule has 5 nitrogen and oxygen atoms in total. The second-order valence-electron chi connectivity index (χ2n) is 4.47. The van der Waals surface area contributed by atoms with Crippen LogP contribution in [-0.2, 0) is 6.54 Å². The molecule has 1 aromatic rings. The van der Waals surface area contributed by atoms with Crippen molar-refractivity contribution in [3.63, 3.8) is 0 Å². The van der Waals surface area contributed by atoms with Gasteiger partial charge in [0.25, 0.3) is 0 Å². The Bertz CT molecular complexity index is 353. The van der Waals surface area contributed by atoms with Gasteiger partial charge in [0.05, 0.1) is 12.1 Å². The minimum Gasteiger partial charge on any atom is -0.321 e. The van der Waals surface area contributed by atoms with Gasteiger partial charge in [0.15, 0.2) is 0 Å². The maximum absolute atomic E-state index is 6.01. The molecule has 82 valence electrons. The molecule has 3 rings (SSSR count). The van der Waals surface area contributed by atoms with Crippen molar-refractivity contribution in [2.75, 3.05) is 6.54 Å². The summed E-state index contributed by atoms with van der Waals surface area (Å²) in [5.41, 5.74) is 6.01. The molecule has 1 aromatic heterocycles. The van der Waals surface area contributed by atoms with Crippen molar-refractivity contribution in [2.45, 2.75) is 44.3 Å². The molecule has 3 heterocycles. The van der Waals surface area contributed by atoms with E-state index in [0.717, 1.165) is 37.6 Å². The lowest BCUT2D eigenvalue weighted by Crippen LogP contribution is -2.25. The van der Waals surface area contributed by atoms with Gasteiger partial charge in [-0.25, -0.2) is 0 Å². The Morgan fingerprint density at radius 3 is 2.87 bits per heavy atom. The fourth-order valence-corrected chi connectivity index (χ4v) is 2.59. The predicted molar refractivity (Wildman–Crippen MR) is 56.2 cm³/mol. The van der Waals surface area contributed by atoms with Crippen LogP contribution >= 0.6 is 0 Å². The van der Waals surface area contributed by atoms with Crippen LogP contribution in [0.3, 0.4) is 0 Å². The van der Waals surface area contributed by atoms with Crippen molar-refractivity contribution >= 4 is 0 Å². The first kappa shape index (κ1) is 9.30. The van der Waals surface area contributed by atoms with Gasteiger partial charge in [-0.1, -0.05) is 0 Å². The van der Waals surface area contributed by atoms with Crippen LogP contribution in [0.15, 0.2) is 0 Å². The summed E-state index contributed by atoms with van der Waals surface area (Å²) in [7, 11) is 0. The van der Waals surface area contributed by atoms with Gasteiger partial charge in [-0.05, 0) is 32.2 Å². The first-order chi connectivity index (χ1) is 7.36. The zero-order valence-corrected chi connectivity index (χ0v) is 8.82. The highest BCUT2D eigenvalue weighted by atomic mass is 15.3. The molecule has 0 amide bonds. The van der Waals surface area contributed by atoms with Gasteiger partial charge in [-0.15, -0.1) is 10.2 Å². The monoisotopic (exact) mass is 207 g/mol. The molecule has 0 aliphatic carbocycles. The van der Waals surface area contributed by atoms with E-state index in [0.29, 0.717) is 6.04 Å². The highest BCUT2D eigenvalue weighted by Gasteiger charge is 2.27. The van der Waals surface area contributed by atoms with Gasteiger partial charge in [0.1, 0.15) is 11.6 Å². The number of nitrogens with one attached hydrogen (secondary N) is 1. The number of rotatable bonds is 1. The van der Waals surface area contributed by atoms with Crippen LogP contribution in [0.2, 0.25) is 0 Å². The van der Waals surface area contributed by atoms with Crippen molar-refractivity contribution in [1.29, 1.82) is 0 Å². The first-order valence-electron chi connectivity index (χ1n) is 5.78. The summed E-state index contributed by atoms with van der Waals surface area (Å²) in [5, 5.41) is 12.0. The summed E-state index contributed by atoms with van der Waals surface area (Å²) in [6.07, 6.45) is 4.59. The van der Waals surface area contributed by atoms with E-state index in [9.17, 15) is 0 Å². The van der Waals surface area contributed by atoms with Gasteiger partial charge in [-0.2, -0.15) is 0 Å². The van der Waals surface area contributed by atoms with Crippen molar-refractivity contribution in [2.24, 2.45) is 5.73 Å². The fraction of sp³-hybridized carbons (Fsp3) is 0.800. The Morgan fingerprint density at radius 2 is 2.07 bits per heavy atom. The molecule has 0 saturated carbocycles. The third kappa shape index (κ3) is 1.46. The number of nitrogens with two attached hydrogens (primary N) is 1. The van der Waals surface area contributed by atoms with Crippen LogP contribution in [0.25, 0.3) is 0 Å². The maximum atomic E-state index is 6.01. The molecule has 0 bridgehead atoms. The molecular formula is C10H17N5. The van der Waals surface area contributed by atoms with E-state index in [4.69, 9.17) is 5.73 Å². The molecule has 3 N–H and O–H groups in total. The third-order valence-corrected chi connectivity index (χ3v) is 3.41. The van der Waals surface area contributed by atoms with Crippen molar-refractivity contribution in [3.8, 4) is 0 Å². The molecule has 0 spiro atoms. The van der Waals surface area contributed by atoms with E-state index < -0.39 is 0 Å². The number of hydrogen-bond donors (Lipinski definition) is 2. The number of aromatic nitrogens is 3. The Morgan fingerprint density at radius 1 is 1.20 bits per heavy atom. The second kappa shape index (κ2) is 3.57. The molecule has 2 unspecified atom stereocenters. The first-order valence-corrected chi connectivity index (χ1v) is 5.78. The van der Waals surface area contributed by atoms with E-state index in [1.807, 2.05) is 0 Å². The smallest absolute Gasteiger partial charge is 0.150 e. The normalized spacial score (nSPS) is 30.5. The summed E-state index contributed by atoms with van der Waals surface area (Å²) in [5.74, 6) is 2.07. The highest BCUT2D eigenvalue weighted by Crippen LogP contribution is 2.27. The highest BCUT2D eigenvalue weighted by molar-refractivity contribution is 5.07. The average Bonchev–Trinajstić information content (AvgIpc) is 2.85. The molecular weight excluding hydrogens is 190 g/mol. The lowest BCUT2D eigenvalue weighted by Gasteiger charge is -2.21. The zero-order valence-electron chi connectivity index (χ0n) is 8.82. The molecule has 2 atom stereocenters. The second-order valence-corrected chi connectivity index (χ2v) is 4.47. The summed E-state index contributed by atoms with van der Waals surface area (Å²) in [4.78, 5) is 0. The summed E-state index contributed by atoms with van der Waals surface area (Å²) < 4.78 is 2.22. The summed E-state index contributed by atoms with van der Waals surface area (Å²) in [6, 6.07) is 0.484. The van der Waals surface area contributed by atoms with Crippen LogP contribution in [-0.4, -0.2) is 21.3 Å². The van der Waals surface area contributed by atoms with Gasteiger partial charge in [-0.3, -0.25) is 0 Å². The van der Waals surface area contributed by atoms with Gasteiger partial charge < -0.3 is 15.6 Å².